The molecule has 6 rings (SSSR count). The van der Waals surface area contributed by atoms with Crippen LogP contribution < -0.4 is 14.7 Å². The molecule has 3 aromatic rings. The van der Waals surface area contributed by atoms with Crippen molar-refractivity contribution >= 4 is 56.1 Å². The third-order valence-corrected chi connectivity index (χ3v) is 9.00. The number of rotatable bonds is 9. The number of carbonyl (C=O) groups is 1. The topological polar surface area (TPSA) is 115 Å². The maximum atomic E-state index is 12.0. The Hall–Kier alpha value is -3.42. The second kappa shape index (κ2) is 12.7. The molecule has 1 aromatic heterocycles. The summed E-state index contributed by atoms with van der Waals surface area (Å²) in [5, 5.41) is 20.6. The highest BCUT2D eigenvalue weighted by Gasteiger charge is 2.29. The lowest BCUT2D eigenvalue weighted by Gasteiger charge is -2.33. The molecule has 0 bridgehead atoms. The third kappa shape index (κ3) is 6.16. The largest absolute Gasteiger partial charge is 0.478 e. The standard InChI is InChI=1S/C31H36BrN5O6/c1-41-14-13-34-9-11-35(12-10-34)31-33-25-5-4-21(16-29(25)43-31)37-19-23(30(39)40)28(38)17-27(37)20-3-6-26(24(32)15-20)36-8-7-22(18-36)42-2/h3-6,15-17,19,22,28,38H,7-14,18H2,1-2H3,(H,39,40)/t22-,28-/m1/s1. The van der Waals surface area contributed by atoms with Crippen molar-refractivity contribution in [2.24, 2.45) is 0 Å². The van der Waals surface area contributed by atoms with Gasteiger partial charge in [0, 0.05) is 82.5 Å². The molecule has 2 aromatic carbocycles. The van der Waals surface area contributed by atoms with Crippen LogP contribution in [0.1, 0.15) is 12.0 Å². The molecule has 2 saturated heterocycles. The van der Waals surface area contributed by atoms with E-state index in [2.05, 4.69) is 30.6 Å². The fourth-order valence-electron chi connectivity index (χ4n) is 5.87. The number of ether oxygens (including phenoxy) is 2. The number of piperazine rings is 1. The van der Waals surface area contributed by atoms with Crippen molar-refractivity contribution in [3.8, 4) is 0 Å². The van der Waals surface area contributed by atoms with Gasteiger partial charge in [0.15, 0.2) is 5.58 Å². The highest BCUT2D eigenvalue weighted by Crippen LogP contribution is 2.38. The van der Waals surface area contributed by atoms with Crippen LogP contribution in [0.4, 0.5) is 17.4 Å². The predicted octanol–water partition coefficient (Wildman–Crippen LogP) is 3.77. The lowest BCUT2D eigenvalue weighted by atomic mass is 10.00. The molecule has 3 aliphatic rings. The Kier molecular flexibility index (Phi) is 8.73. The molecule has 11 nitrogen and oxygen atoms in total. The number of benzene rings is 2. The van der Waals surface area contributed by atoms with Crippen LogP contribution in [0.15, 0.2) is 63.1 Å². The number of aliphatic hydroxyl groups excluding tert-OH is 1. The van der Waals surface area contributed by atoms with Gasteiger partial charge in [0.1, 0.15) is 11.6 Å². The minimum Gasteiger partial charge on any atom is -0.478 e. The SMILES string of the molecule is COCCN1CCN(c2nc3ccc(N4C=C(C(=O)O)[C@H](O)C=C4c4ccc(N5CC[C@@H](OC)C5)c(Br)c4)cc3o2)CC1. The second-order valence-corrected chi connectivity index (χ2v) is 11.8. The number of carboxylic acids is 1. The Balaban J connectivity index is 1.28. The Bertz CT molecular complexity index is 1550. The predicted molar refractivity (Wildman–Crippen MR) is 168 cm³/mol. The summed E-state index contributed by atoms with van der Waals surface area (Å²) in [6.07, 6.45) is 2.96. The van der Waals surface area contributed by atoms with Crippen molar-refractivity contribution in [3.05, 3.63) is 64.3 Å². The van der Waals surface area contributed by atoms with Gasteiger partial charge in [0.2, 0.25) is 0 Å². The minimum absolute atomic E-state index is 0.119. The van der Waals surface area contributed by atoms with Crippen LogP contribution in [0.3, 0.4) is 0 Å². The van der Waals surface area contributed by atoms with E-state index < -0.39 is 12.1 Å². The molecule has 0 spiro atoms. The van der Waals surface area contributed by atoms with Crippen molar-refractivity contribution in [1.82, 2.24) is 9.88 Å². The van der Waals surface area contributed by atoms with Gasteiger partial charge in [0.05, 0.1) is 29.7 Å². The van der Waals surface area contributed by atoms with Gasteiger partial charge in [-0.25, -0.2) is 4.79 Å². The molecule has 0 aliphatic carbocycles. The van der Waals surface area contributed by atoms with Gasteiger partial charge in [0.25, 0.3) is 6.01 Å². The summed E-state index contributed by atoms with van der Waals surface area (Å²) in [5.41, 5.74) is 4.44. The molecule has 228 valence electrons. The lowest BCUT2D eigenvalue weighted by molar-refractivity contribution is -0.133. The van der Waals surface area contributed by atoms with Gasteiger partial charge < -0.3 is 38.8 Å². The van der Waals surface area contributed by atoms with Crippen molar-refractivity contribution in [3.63, 3.8) is 0 Å². The Morgan fingerprint density at radius 3 is 2.60 bits per heavy atom. The van der Waals surface area contributed by atoms with Gasteiger partial charge in [-0.15, -0.1) is 0 Å². The zero-order valence-electron chi connectivity index (χ0n) is 24.3. The number of oxazole rings is 1. The molecule has 2 atom stereocenters. The van der Waals surface area contributed by atoms with Crippen LogP contribution in [0.2, 0.25) is 0 Å². The van der Waals surface area contributed by atoms with Crippen molar-refractivity contribution in [2.45, 2.75) is 18.6 Å². The molecule has 0 radical (unpaired) electrons. The van der Waals surface area contributed by atoms with Crippen LogP contribution in [0.25, 0.3) is 16.8 Å². The van der Waals surface area contributed by atoms with Crippen LogP contribution in [0, 0.1) is 0 Å². The van der Waals surface area contributed by atoms with E-state index in [1.165, 1.54) is 6.20 Å². The molecule has 0 amide bonds. The van der Waals surface area contributed by atoms with E-state index >= 15 is 0 Å². The fraction of sp³-hybridized carbons (Fsp3) is 0.419. The molecule has 3 aliphatic heterocycles. The number of nitrogens with zero attached hydrogens (tertiary/aromatic N) is 5. The summed E-state index contributed by atoms with van der Waals surface area (Å²) in [7, 11) is 3.46. The van der Waals surface area contributed by atoms with Crippen LogP contribution >= 0.6 is 15.9 Å². The lowest BCUT2D eigenvalue weighted by Crippen LogP contribution is -2.47. The molecule has 0 unspecified atom stereocenters. The summed E-state index contributed by atoms with van der Waals surface area (Å²) in [6.45, 7) is 6.74. The molecule has 43 heavy (non-hydrogen) atoms. The molecule has 2 N–H and O–H groups in total. The Morgan fingerprint density at radius 2 is 1.91 bits per heavy atom. The quantitative estimate of drug-likeness (QED) is 0.352. The first-order valence-corrected chi connectivity index (χ1v) is 15.2. The Labute approximate surface area is 258 Å². The first-order valence-electron chi connectivity index (χ1n) is 14.4. The molecule has 12 heteroatoms. The van der Waals surface area contributed by atoms with E-state index in [1.807, 2.05) is 36.4 Å². The van der Waals surface area contributed by atoms with Crippen molar-refractivity contribution < 1.29 is 28.9 Å². The van der Waals surface area contributed by atoms with E-state index in [0.717, 1.165) is 73.5 Å². The van der Waals surface area contributed by atoms with Crippen LogP contribution in [-0.4, -0.2) is 105 Å². The van der Waals surface area contributed by atoms with E-state index in [4.69, 9.17) is 18.9 Å². The van der Waals surface area contributed by atoms with Gasteiger partial charge in [-0.2, -0.15) is 4.98 Å². The van der Waals surface area contributed by atoms with E-state index in [1.54, 1.807) is 25.2 Å². The minimum atomic E-state index is -1.26. The summed E-state index contributed by atoms with van der Waals surface area (Å²) in [6, 6.07) is 12.2. The van der Waals surface area contributed by atoms with Gasteiger partial charge in [-0.1, -0.05) is 6.07 Å². The molecular formula is C31H36BrN5O6. The van der Waals surface area contributed by atoms with Gasteiger partial charge >= 0.3 is 5.97 Å². The van der Waals surface area contributed by atoms with Crippen molar-refractivity contribution in [2.75, 3.05) is 81.3 Å². The number of fused-ring (bicyclic) bond motifs is 1. The number of hydrogen-bond donors (Lipinski definition) is 2. The summed E-state index contributed by atoms with van der Waals surface area (Å²) in [4.78, 5) is 25.3. The maximum Gasteiger partial charge on any atom is 0.336 e. The summed E-state index contributed by atoms with van der Waals surface area (Å²) in [5.74, 6) is -1.18. The fourth-order valence-corrected chi connectivity index (χ4v) is 6.50. The maximum absolute atomic E-state index is 12.0. The zero-order chi connectivity index (χ0) is 30.1. The number of aliphatic carboxylic acids is 1. The molecular weight excluding hydrogens is 618 g/mol. The number of hydrogen-bond acceptors (Lipinski definition) is 10. The normalized spacial score (nSPS) is 21.4. The van der Waals surface area contributed by atoms with Crippen molar-refractivity contribution in [1.29, 1.82) is 0 Å². The van der Waals surface area contributed by atoms with E-state index in [-0.39, 0.29) is 11.7 Å². The summed E-state index contributed by atoms with van der Waals surface area (Å²) >= 11 is 3.74. The van der Waals surface area contributed by atoms with Gasteiger partial charge in [-0.3, -0.25) is 4.90 Å². The first kappa shape index (κ1) is 29.6. The molecule has 4 heterocycles. The van der Waals surface area contributed by atoms with E-state index in [9.17, 15) is 15.0 Å². The molecule has 0 saturated carbocycles. The number of methoxy groups -OCH3 is 2. The number of aliphatic hydroxyl groups is 1. The van der Waals surface area contributed by atoms with Gasteiger partial charge in [-0.05, 0) is 58.3 Å². The highest BCUT2D eigenvalue weighted by molar-refractivity contribution is 9.10. The third-order valence-electron chi connectivity index (χ3n) is 8.36. The second-order valence-electron chi connectivity index (χ2n) is 11.0. The zero-order valence-corrected chi connectivity index (χ0v) is 25.9. The smallest absolute Gasteiger partial charge is 0.336 e. The number of aromatic nitrogens is 1. The number of carboxylic acid groups (broad SMARTS) is 1. The number of anilines is 3. The van der Waals surface area contributed by atoms with Crippen LogP contribution in [-0.2, 0) is 14.3 Å². The monoisotopic (exact) mass is 653 g/mol. The number of halogens is 1. The highest BCUT2D eigenvalue weighted by atomic mass is 79.9. The molecule has 2 fully saturated rings. The summed E-state index contributed by atoms with van der Waals surface area (Å²) < 4.78 is 17.9. The average molecular weight is 655 g/mol. The van der Waals surface area contributed by atoms with Crippen LogP contribution in [0.5, 0.6) is 0 Å². The first-order chi connectivity index (χ1) is 20.8. The average Bonchev–Trinajstić information content (AvgIpc) is 3.67. The Morgan fingerprint density at radius 1 is 1.09 bits per heavy atom. The van der Waals surface area contributed by atoms with E-state index in [0.29, 0.717) is 29.6 Å².